The summed E-state index contributed by atoms with van der Waals surface area (Å²) in [6.07, 6.45) is 0. The van der Waals surface area contributed by atoms with E-state index in [-0.39, 0.29) is 17.5 Å². The summed E-state index contributed by atoms with van der Waals surface area (Å²) in [5.41, 5.74) is 0.382. The number of aliphatic hydroxyl groups is 1. The van der Waals surface area contributed by atoms with Crippen LogP contribution in [0.3, 0.4) is 0 Å². The molecular weight excluding hydrogens is 268 g/mol. The van der Waals surface area contributed by atoms with Crippen LogP contribution in [0.15, 0.2) is 40.9 Å². The summed E-state index contributed by atoms with van der Waals surface area (Å²) in [4.78, 5) is 13.9. The Hall–Kier alpha value is -2.14. The SMILES string of the molecule is CC(C)C1(O)CN(C(=O)c2cc(-c3ccccc3)on2)C1. The van der Waals surface area contributed by atoms with E-state index < -0.39 is 5.60 Å². The Balaban J connectivity index is 1.72. The van der Waals surface area contributed by atoms with Crippen LogP contribution in [-0.2, 0) is 0 Å². The Labute approximate surface area is 123 Å². The van der Waals surface area contributed by atoms with E-state index in [0.717, 1.165) is 5.56 Å². The highest BCUT2D eigenvalue weighted by Crippen LogP contribution is 2.30. The molecule has 1 saturated heterocycles. The summed E-state index contributed by atoms with van der Waals surface area (Å²) < 4.78 is 5.23. The van der Waals surface area contributed by atoms with Gasteiger partial charge < -0.3 is 14.5 Å². The molecule has 1 aromatic carbocycles. The molecule has 1 aliphatic heterocycles. The summed E-state index contributed by atoms with van der Waals surface area (Å²) in [6.45, 7) is 4.59. The fourth-order valence-corrected chi connectivity index (χ4v) is 2.40. The van der Waals surface area contributed by atoms with Gasteiger partial charge in [-0.05, 0) is 5.92 Å². The zero-order chi connectivity index (χ0) is 15.0. The van der Waals surface area contributed by atoms with Gasteiger partial charge >= 0.3 is 0 Å². The van der Waals surface area contributed by atoms with E-state index in [0.29, 0.717) is 18.8 Å². The Kier molecular flexibility index (Phi) is 3.29. The highest BCUT2D eigenvalue weighted by Gasteiger charge is 2.46. The third-order valence-electron chi connectivity index (χ3n) is 4.08. The van der Waals surface area contributed by atoms with Crippen LogP contribution in [-0.4, -0.2) is 39.8 Å². The molecular formula is C16H18N2O3. The average Bonchev–Trinajstić information content (AvgIpc) is 2.93. The Morgan fingerprint density at radius 3 is 2.62 bits per heavy atom. The number of likely N-dealkylation sites (tertiary alicyclic amines) is 1. The maximum atomic E-state index is 12.3. The average molecular weight is 286 g/mol. The van der Waals surface area contributed by atoms with Crippen LogP contribution in [0.5, 0.6) is 0 Å². The van der Waals surface area contributed by atoms with Gasteiger partial charge in [-0.15, -0.1) is 0 Å². The summed E-state index contributed by atoms with van der Waals surface area (Å²) in [5.74, 6) is 0.489. The van der Waals surface area contributed by atoms with E-state index in [2.05, 4.69) is 5.16 Å². The maximum absolute atomic E-state index is 12.3. The smallest absolute Gasteiger partial charge is 0.276 e. The second kappa shape index (κ2) is 5.00. The van der Waals surface area contributed by atoms with Crippen molar-refractivity contribution in [2.24, 2.45) is 5.92 Å². The van der Waals surface area contributed by atoms with E-state index in [4.69, 9.17) is 4.52 Å². The quantitative estimate of drug-likeness (QED) is 0.939. The molecule has 3 rings (SSSR count). The van der Waals surface area contributed by atoms with E-state index in [1.54, 1.807) is 11.0 Å². The first-order valence-electron chi connectivity index (χ1n) is 7.03. The van der Waals surface area contributed by atoms with Gasteiger partial charge in [-0.2, -0.15) is 0 Å². The number of carbonyl (C=O) groups excluding carboxylic acids is 1. The van der Waals surface area contributed by atoms with Gasteiger partial charge in [0.05, 0.1) is 13.1 Å². The fourth-order valence-electron chi connectivity index (χ4n) is 2.40. The van der Waals surface area contributed by atoms with Crippen molar-refractivity contribution in [1.29, 1.82) is 0 Å². The Morgan fingerprint density at radius 1 is 1.33 bits per heavy atom. The lowest BCUT2D eigenvalue weighted by molar-refractivity contribution is -0.111. The lowest BCUT2D eigenvalue weighted by Crippen LogP contribution is -2.66. The second-order valence-corrected chi connectivity index (χ2v) is 5.86. The monoisotopic (exact) mass is 286 g/mol. The highest BCUT2D eigenvalue weighted by molar-refractivity contribution is 5.93. The lowest BCUT2D eigenvalue weighted by Gasteiger charge is -2.48. The second-order valence-electron chi connectivity index (χ2n) is 5.86. The first-order valence-corrected chi connectivity index (χ1v) is 7.03. The van der Waals surface area contributed by atoms with E-state index in [1.807, 2.05) is 44.2 Å². The number of aromatic nitrogens is 1. The van der Waals surface area contributed by atoms with Crippen molar-refractivity contribution in [2.45, 2.75) is 19.4 Å². The number of hydrogen-bond acceptors (Lipinski definition) is 4. The first-order chi connectivity index (χ1) is 9.99. The minimum absolute atomic E-state index is 0.124. The van der Waals surface area contributed by atoms with Gasteiger partial charge in [-0.3, -0.25) is 4.79 Å². The van der Waals surface area contributed by atoms with Crippen molar-refractivity contribution < 1.29 is 14.4 Å². The molecule has 1 aliphatic rings. The van der Waals surface area contributed by atoms with Gasteiger partial charge in [0.15, 0.2) is 11.5 Å². The highest BCUT2D eigenvalue weighted by atomic mass is 16.5. The molecule has 1 fully saturated rings. The third kappa shape index (κ3) is 2.45. The first kappa shape index (κ1) is 13.8. The predicted octanol–water partition coefficient (Wildman–Crippen LogP) is 2.18. The molecule has 0 spiro atoms. The standard InChI is InChI=1S/C16H18N2O3/c1-11(2)16(20)9-18(10-16)15(19)13-8-14(21-17-13)12-6-4-3-5-7-12/h3-8,11,20H,9-10H2,1-2H3. The van der Waals surface area contributed by atoms with E-state index >= 15 is 0 Å². The van der Waals surface area contributed by atoms with Crippen LogP contribution in [0, 0.1) is 5.92 Å². The van der Waals surface area contributed by atoms with Crippen LogP contribution >= 0.6 is 0 Å². The lowest BCUT2D eigenvalue weighted by atomic mass is 9.83. The maximum Gasteiger partial charge on any atom is 0.276 e. The predicted molar refractivity (Wildman–Crippen MR) is 77.6 cm³/mol. The normalized spacial score (nSPS) is 16.9. The molecule has 0 saturated carbocycles. The molecule has 0 atom stereocenters. The topological polar surface area (TPSA) is 66.6 Å². The molecule has 1 amide bonds. The number of hydrogen-bond donors (Lipinski definition) is 1. The number of nitrogens with zero attached hydrogens (tertiary/aromatic N) is 2. The molecule has 1 N–H and O–H groups in total. The number of benzene rings is 1. The summed E-state index contributed by atoms with van der Waals surface area (Å²) in [7, 11) is 0. The van der Waals surface area contributed by atoms with Crippen molar-refractivity contribution in [3.05, 3.63) is 42.1 Å². The molecule has 2 aromatic rings. The molecule has 0 radical (unpaired) electrons. The summed E-state index contributed by atoms with van der Waals surface area (Å²) in [6, 6.07) is 11.2. The molecule has 21 heavy (non-hydrogen) atoms. The number of rotatable bonds is 3. The Morgan fingerprint density at radius 2 is 2.00 bits per heavy atom. The van der Waals surface area contributed by atoms with Crippen molar-refractivity contribution in [2.75, 3.05) is 13.1 Å². The summed E-state index contributed by atoms with van der Waals surface area (Å²) in [5, 5.41) is 14.0. The van der Waals surface area contributed by atoms with Crippen molar-refractivity contribution >= 4 is 5.91 Å². The minimum atomic E-state index is -0.776. The number of amides is 1. The molecule has 2 heterocycles. The van der Waals surface area contributed by atoms with Gasteiger partial charge in [0.2, 0.25) is 0 Å². The Bertz CT molecular complexity index is 643. The van der Waals surface area contributed by atoms with Gasteiger partial charge in [0.25, 0.3) is 5.91 Å². The molecule has 5 heteroatoms. The molecule has 0 aliphatic carbocycles. The zero-order valence-corrected chi connectivity index (χ0v) is 12.1. The van der Waals surface area contributed by atoms with Gasteiger partial charge in [0.1, 0.15) is 5.60 Å². The summed E-state index contributed by atoms with van der Waals surface area (Å²) >= 11 is 0. The largest absolute Gasteiger partial charge is 0.386 e. The van der Waals surface area contributed by atoms with E-state index in [9.17, 15) is 9.90 Å². The fraction of sp³-hybridized carbons (Fsp3) is 0.375. The van der Waals surface area contributed by atoms with Crippen LogP contribution in [0.25, 0.3) is 11.3 Å². The number of carbonyl (C=O) groups is 1. The molecule has 110 valence electrons. The van der Waals surface area contributed by atoms with Gasteiger partial charge in [-0.25, -0.2) is 0 Å². The zero-order valence-electron chi connectivity index (χ0n) is 12.1. The molecule has 0 bridgehead atoms. The molecule has 5 nitrogen and oxygen atoms in total. The van der Waals surface area contributed by atoms with Crippen LogP contribution in [0.4, 0.5) is 0 Å². The van der Waals surface area contributed by atoms with Crippen molar-refractivity contribution in [3.8, 4) is 11.3 Å². The van der Waals surface area contributed by atoms with Crippen molar-refractivity contribution in [3.63, 3.8) is 0 Å². The minimum Gasteiger partial charge on any atom is -0.386 e. The molecule has 0 unspecified atom stereocenters. The molecule has 1 aromatic heterocycles. The van der Waals surface area contributed by atoms with Crippen molar-refractivity contribution in [1.82, 2.24) is 10.1 Å². The van der Waals surface area contributed by atoms with Crippen LogP contribution in [0.1, 0.15) is 24.3 Å². The van der Waals surface area contributed by atoms with Crippen LogP contribution < -0.4 is 0 Å². The van der Waals surface area contributed by atoms with E-state index in [1.165, 1.54) is 0 Å². The van der Waals surface area contributed by atoms with Gasteiger partial charge in [0, 0.05) is 11.6 Å². The van der Waals surface area contributed by atoms with Gasteiger partial charge in [-0.1, -0.05) is 49.3 Å². The third-order valence-corrected chi connectivity index (χ3v) is 4.08. The van der Waals surface area contributed by atoms with Crippen LogP contribution in [0.2, 0.25) is 0 Å². The number of β-amino-alcohol motifs (C(OH)–C–C–N with tert-alkyl or cyclic N) is 1.